The number of carbonyl (C=O) groups is 2. The molecule has 0 spiro atoms. The molecular weight excluding hydrogens is 266 g/mol. The Morgan fingerprint density at radius 1 is 1.33 bits per heavy atom. The Bertz CT molecular complexity index is 545. The molecule has 114 valence electrons. The molecule has 1 aliphatic carbocycles. The van der Waals surface area contributed by atoms with Crippen molar-refractivity contribution in [2.45, 2.75) is 52.0 Å². The van der Waals surface area contributed by atoms with E-state index in [4.69, 9.17) is 0 Å². The van der Waals surface area contributed by atoms with Crippen molar-refractivity contribution in [1.29, 1.82) is 0 Å². The molecule has 2 rings (SSSR count). The lowest BCUT2D eigenvalue weighted by Gasteiger charge is -2.30. The van der Waals surface area contributed by atoms with E-state index >= 15 is 0 Å². The van der Waals surface area contributed by atoms with Gasteiger partial charge in [-0.2, -0.15) is 0 Å². The van der Waals surface area contributed by atoms with Crippen molar-refractivity contribution in [1.82, 2.24) is 5.32 Å². The van der Waals surface area contributed by atoms with Gasteiger partial charge in [0.05, 0.1) is 5.92 Å². The van der Waals surface area contributed by atoms with Crippen LogP contribution in [-0.2, 0) is 16.0 Å². The fourth-order valence-electron chi connectivity index (χ4n) is 2.60. The monoisotopic (exact) mass is 289 g/mol. The van der Waals surface area contributed by atoms with Gasteiger partial charge >= 0.3 is 5.97 Å². The van der Waals surface area contributed by atoms with Gasteiger partial charge in [0.25, 0.3) is 0 Å². The summed E-state index contributed by atoms with van der Waals surface area (Å²) in [5.74, 6) is -1.33. The number of amides is 1. The largest absolute Gasteiger partial charge is 0.480 e. The highest BCUT2D eigenvalue weighted by molar-refractivity contribution is 5.90. The molecule has 1 aliphatic rings. The molecule has 1 aromatic carbocycles. The molecule has 0 aromatic heterocycles. The van der Waals surface area contributed by atoms with Crippen LogP contribution in [0.2, 0.25) is 0 Å². The van der Waals surface area contributed by atoms with Gasteiger partial charge in [-0.1, -0.05) is 45.0 Å². The maximum atomic E-state index is 12.3. The summed E-state index contributed by atoms with van der Waals surface area (Å²) in [4.78, 5) is 23.6. The van der Waals surface area contributed by atoms with Gasteiger partial charge in [-0.15, -0.1) is 0 Å². The quantitative estimate of drug-likeness (QED) is 0.876. The van der Waals surface area contributed by atoms with E-state index in [9.17, 15) is 14.7 Å². The molecule has 4 heteroatoms. The van der Waals surface area contributed by atoms with Crippen LogP contribution in [0.25, 0.3) is 0 Å². The van der Waals surface area contributed by atoms with Crippen LogP contribution >= 0.6 is 0 Å². The number of nitrogens with one attached hydrogen (secondary N) is 1. The highest BCUT2D eigenvalue weighted by atomic mass is 16.4. The minimum absolute atomic E-state index is 0.0570. The summed E-state index contributed by atoms with van der Waals surface area (Å²) in [5.41, 5.74) is 2.26. The van der Waals surface area contributed by atoms with Crippen molar-refractivity contribution in [3.63, 3.8) is 0 Å². The van der Waals surface area contributed by atoms with Crippen molar-refractivity contribution in [2.24, 2.45) is 5.41 Å². The van der Waals surface area contributed by atoms with Gasteiger partial charge < -0.3 is 10.4 Å². The van der Waals surface area contributed by atoms with Crippen molar-refractivity contribution in [2.75, 3.05) is 0 Å². The highest BCUT2D eigenvalue weighted by Crippen LogP contribution is 2.35. The first-order valence-electron chi connectivity index (χ1n) is 7.39. The smallest absolute Gasteiger partial charge is 0.326 e. The second kappa shape index (κ2) is 5.88. The third kappa shape index (κ3) is 3.84. The van der Waals surface area contributed by atoms with E-state index in [1.165, 1.54) is 5.56 Å². The molecule has 1 amide bonds. The Hall–Kier alpha value is -1.84. The number of aliphatic carboxylic acids is 1. The van der Waals surface area contributed by atoms with Gasteiger partial charge in [-0.3, -0.25) is 4.79 Å². The predicted octanol–water partition coefficient (Wildman–Crippen LogP) is 2.72. The normalized spacial score (nSPS) is 18.3. The Morgan fingerprint density at radius 3 is 2.57 bits per heavy atom. The summed E-state index contributed by atoms with van der Waals surface area (Å²) in [6.07, 6.45) is 1.91. The molecule has 2 atom stereocenters. The van der Waals surface area contributed by atoms with Crippen LogP contribution in [-0.4, -0.2) is 23.0 Å². The maximum Gasteiger partial charge on any atom is 0.326 e. The third-order valence-electron chi connectivity index (χ3n) is 3.97. The zero-order valence-electron chi connectivity index (χ0n) is 12.8. The molecule has 0 saturated carbocycles. The van der Waals surface area contributed by atoms with Gasteiger partial charge in [-0.25, -0.2) is 4.79 Å². The van der Waals surface area contributed by atoms with E-state index < -0.39 is 12.0 Å². The number of carbonyl (C=O) groups excluding carboxylic acids is 1. The van der Waals surface area contributed by atoms with Crippen LogP contribution in [0.4, 0.5) is 0 Å². The topological polar surface area (TPSA) is 66.4 Å². The number of benzene rings is 1. The molecule has 0 aliphatic heterocycles. The van der Waals surface area contributed by atoms with E-state index in [2.05, 4.69) is 26.1 Å². The molecule has 2 unspecified atom stereocenters. The Kier molecular flexibility index (Phi) is 4.35. The first-order valence-corrected chi connectivity index (χ1v) is 7.39. The SMILES string of the molecule is CC(C)(C)CCC(NC(=O)C1Cc2ccccc21)C(=O)O. The first kappa shape index (κ1) is 15.5. The Morgan fingerprint density at radius 2 is 2.00 bits per heavy atom. The molecule has 0 radical (unpaired) electrons. The number of carboxylic acids is 1. The minimum atomic E-state index is -0.958. The predicted molar refractivity (Wildman–Crippen MR) is 81.1 cm³/mol. The van der Waals surface area contributed by atoms with Gasteiger partial charge in [-0.05, 0) is 35.8 Å². The summed E-state index contributed by atoms with van der Waals surface area (Å²) >= 11 is 0. The zero-order valence-corrected chi connectivity index (χ0v) is 12.8. The zero-order chi connectivity index (χ0) is 15.6. The molecule has 0 bridgehead atoms. The second-order valence-electron chi connectivity index (χ2n) is 6.95. The number of fused-ring (bicyclic) bond motifs is 1. The van der Waals surface area contributed by atoms with E-state index in [0.29, 0.717) is 12.8 Å². The molecule has 0 fully saturated rings. The van der Waals surface area contributed by atoms with Gasteiger partial charge in [0.2, 0.25) is 5.91 Å². The van der Waals surface area contributed by atoms with E-state index in [1.54, 1.807) is 0 Å². The lowest BCUT2D eigenvalue weighted by Crippen LogP contribution is -2.45. The third-order valence-corrected chi connectivity index (χ3v) is 3.97. The molecule has 21 heavy (non-hydrogen) atoms. The van der Waals surface area contributed by atoms with Crippen LogP contribution in [0.1, 0.15) is 50.7 Å². The minimum Gasteiger partial charge on any atom is -0.480 e. The van der Waals surface area contributed by atoms with Crippen LogP contribution in [0.15, 0.2) is 24.3 Å². The highest BCUT2D eigenvalue weighted by Gasteiger charge is 2.34. The molecule has 1 aromatic rings. The molecular formula is C17H23NO3. The standard InChI is InChI=1S/C17H23NO3/c1-17(2,3)9-8-14(16(20)21)18-15(19)13-10-11-6-4-5-7-12(11)13/h4-7,13-14H,8-10H2,1-3H3,(H,18,19)(H,20,21). The number of carboxylic acid groups (broad SMARTS) is 1. The van der Waals surface area contributed by atoms with Crippen LogP contribution in [0, 0.1) is 5.41 Å². The molecule has 4 nitrogen and oxygen atoms in total. The number of hydrogen-bond donors (Lipinski definition) is 2. The van der Waals surface area contributed by atoms with Gasteiger partial charge in [0, 0.05) is 0 Å². The van der Waals surface area contributed by atoms with Crippen LogP contribution < -0.4 is 5.32 Å². The van der Waals surface area contributed by atoms with Gasteiger partial charge in [0.1, 0.15) is 6.04 Å². The van der Waals surface area contributed by atoms with E-state index in [-0.39, 0.29) is 17.2 Å². The average molecular weight is 289 g/mol. The first-order chi connectivity index (χ1) is 9.78. The van der Waals surface area contributed by atoms with Gasteiger partial charge in [0.15, 0.2) is 0 Å². The average Bonchev–Trinajstić information content (AvgIpc) is 2.34. The Balaban J connectivity index is 1.95. The lowest BCUT2D eigenvalue weighted by atomic mass is 9.77. The van der Waals surface area contributed by atoms with E-state index in [0.717, 1.165) is 12.0 Å². The van der Waals surface area contributed by atoms with Crippen molar-refractivity contribution in [3.05, 3.63) is 35.4 Å². The summed E-state index contributed by atoms with van der Waals surface area (Å²) in [6.45, 7) is 6.20. The fourth-order valence-corrected chi connectivity index (χ4v) is 2.60. The summed E-state index contributed by atoms with van der Waals surface area (Å²) in [6, 6.07) is 7.01. The molecule has 2 N–H and O–H groups in total. The number of hydrogen-bond acceptors (Lipinski definition) is 2. The van der Waals surface area contributed by atoms with Crippen LogP contribution in [0.3, 0.4) is 0 Å². The molecule has 0 heterocycles. The van der Waals surface area contributed by atoms with Crippen molar-refractivity contribution in [3.8, 4) is 0 Å². The summed E-state index contributed by atoms with van der Waals surface area (Å²) < 4.78 is 0. The van der Waals surface area contributed by atoms with E-state index in [1.807, 2.05) is 24.3 Å². The van der Waals surface area contributed by atoms with Crippen molar-refractivity contribution >= 4 is 11.9 Å². The second-order valence-corrected chi connectivity index (χ2v) is 6.95. The lowest BCUT2D eigenvalue weighted by molar-refractivity contribution is -0.142. The number of rotatable bonds is 5. The van der Waals surface area contributed by atoms with Crippen LogP contribution in [0.5, 0.6) is 0 Å². The fraction of sp³-hybridized carbons (Fsp3) is 0.529. The molecule has 0 saturated heterocycles. The Labute approximate surface area is 125 Å². The van der Waals surface area contributed by atoms with Crippen molar-refractivity contribution < 1.29 is 14.7 Å². The summed E-state index contributed by atoms with van der Waals surface area (Å²) in [7, 11) is 0. The maximum absolute atomic E-state index is 12.3. The summed E-state index contributed by atoms with van der Waals surface area (Å²) in [5, 5.41) is 12.0.